The molecular weight excluding hydrogens is 288 g/mol. The highest BCUT2D eigenvalue weighted by Crippen LogP contribution is 2.32. The van der Waals surface area contributed by atoms with Crippen LogP contribution in [0.4, 0.5) is 0 Å². The number of methoxy groups -OCH3 is 1. The number of hydrogen-bond acceptors (Lipinski definition) is 6. The van der Waals surface area contributed by atoms with Crippen LogP contribution in [0.2, 0.25) is 0 Å². The van der Waals surface area contributed by atoms with Crippen molar-refractivity contribution >= 4 is 18.3 Å². The van der Waals surface area contributed by atoms with Gasteiger partial charge in [0.25, 0.3) is 0 Å². The number of nitrogens with one attached hydrogen (secondary N) is 1. The minimum Gasteiger partial charge on any atom is -0.493 e. The third-order valence-corrected chi connectivity index (χ3v) is 2.79. The summed E-state index contributed by atoms with van der Waals surface area (Å²) in [6.07, 6.45) is 5.66. The van der Waals surface area contributed by atoms with Crippen molar-refractivity contribution in [3.63, 3.8) is 0 Å². The number of ether oxygens (including phenoxy) is 2. The van der Waals surface area contributed by atoms with E-state index in [1.807, 2.05) is 0 Å². The van der Waals surface area contributed by atoms with Gasteiger partial charge in [0.05, 0.1) is 7.11 Å². The Morgan fingerprint density at radius 2 is 2.27 bits per heavy atom. The molecule has 1 aliphatic heterocycles. The number of hydrogen-bond donors (Lipinski definition) is 3. The molecule has 1 atom stereocenters. The van der Waals surface area contributed by atoms with Crippen LogP contribution < -0.4 is 14.8 Å². The second-order valence-corrected chi connectivity index (χ2v) is 4.33. The zero-order chi connectivity index (χ0) is 15.9. The molecule has 1 unspecified atom stereocenters. The van der Waals surface area contributed by atoms with Gasteiger partial charge in [0.2, 0.25) is 6.35 Å². The summed E-state index contributed by atoms with van der Waals surface area (Å²) in [7, 11) is 1.48. The molecule has 0 aromatic heterocycles. The Balaban J connectivity index is 2.24. The molecule has 3 N–H and O–H groups in total. The van der Waals surface area contributed by atoms with Gasteiger partial charge >= 0.3 is 5.97 Å². The summed E-state index contributed by atoms with van der Waals surface area (Å²) in [6, 6.07) is 5.22. The molecule has 1 heterocycles. The van der Waals surface area contributed by atoms with Crippen molar-refractivity contribution in [2.75, 3.05) is 13.7 Å². The number of nitrogens with zero attached hydrogens (tertiary/aromatic N) is 1. The molecule has 0 spiro atoms. The summed E-state index contributed by atoms with van der Waals surface area (Å²) >= 11 is 0. The molecule has 0 radical (unpaired) electrons. The Labute approximate surface area is 127 Å². The van der Waals surface area contributed by atoms with Crippen molar-refractivity contribution in [1.82, 2.24) is 5.32 Å². The minimum atomic E-state index is -1.07. The Morgan fingerprint density at radius 3 is 2.95 bits per heavy atom. The Kier molecular flexibility index (Phi) is 5.16. The van der Waals surface area contributed by atoms with Crippen molar-refractivity contribution in [2.24, 2.45) is 4.99 Å². The predicted molar refractivity (Wildman–Crippen MR) is 80.9 cm³/mol. The van der Waals surface area contributed by atoms with E-state index in [0.29, 0.717) is 22.8 Å². The number of rotatable bonds is 6. The lowest BCUT2D eigenvalue weighted by Crippen LogP contribution is -2.27. The summed E-state index contributed by atoms with van der Waals surface area (Å²) in [6.45, 7) is -0.465. The first-order valence-corrected chi connectivity index (χ1v) is 6.48. The molecule has 0 saturated heterocycles. The summed E-state index contributed by atoms with van der Waals surface area (Å²) in [5, 5.41) is 20.9. The zero-order valence-electron chi connectivity index (χ0n) is 11.9. The van der Waals surface area contributed by atoms with E-state index in [-0.39, 0.29) is 0 Å². The van der Waals surface area contributed by atoms with Crippen LogP contribution in [0, 0.1) is 0 Å². The van der Waals surface area contributed by atoms with Crippen molar-refractivity contribution < 1.29 is 24.5 Å². The van der Waals surface area contributed by atoms with E-state index in [1.165, 1.54) is 13.3 Å². The van der Waals surface area contributed by atoms with Gasteiger partial charge in [0, 0.05) is 17.5 Å². The topological polar surface area (TPSA) is 100 Å². The molecule has 0 amide bonds. The maximum absolute atomic E-state index is 10.7. The highest BCUT2D eigenvalue weighted by atomic mass is 16.5. The van der Waals surface area contributed by atoms with E-state index in [1.54, 1.807) is 36.4 Å². The van der Waals surface area contributed by atoms with Crippen molar-refractivity contribution in [3.8, 4) is 11.5 Å². The van der Waals surface area contributed by atoms with Gasteiger partial charge in [0.1, 0.15) is 0 Å². The third kappa shape index (κ3) is 4.10. The van der Waals surface area contributed by atoms with Gasteiger partial charge < -0.3 is 25.0 Å². The second-order valence-electron chi connectivity index (χ2n) is 4.33. The lowest BCUT2D eigenvalue weighted by molar-refractivity contribution is -0.139. The number of benzene rings is 1. The van der Waals surface area contributed by atoms with Gasteiger partial charge in [-0.1, -0.05) is 12.1 Å². The van der Waals surface area contributed by atoms with Crippen LogP contribution in [0.3, 0.4) is 0 Å². The minimum absolute atomic E-state index is 0.342. The number of aliphatic carboxylic acids is 1. The van der Waals surface area contributed by atoms with Gasteiger partial charge in [-0.15, -0.1) is 0 Å². The van der Waals surface area contributed by atoms with Crippen molar-refractivity contribution in [2.45, 2.75) is 6.35 Å². The average Bonchev–Trinajstić information content (AvgIpc) is 2.51. The molecule has 2 rings (SSSR count). The molecule has 0 aliphatic carbocycles. The molecule has 7 heteroatoms. The second kappa shape index (κ2) is 7.28. The quantitative estimate of drug-likeness (QED) is 0.725. The van der Waals surface area contributed by atoms with Crippen LogP contribution in [0.15, 0.2) is 41.0 Å². The number of aliphatic hydroxyl groups excluding tert-OH is 1. The fourth-order valence-corrected chi connectivity index (χ4v) is 1.84. The molecule has 0 bridgehead atoms. The number of allylic oxidation sites excluding steroid dienone is 2. The Hall–Kier alpha value is -2.80. The molecule has 0 fully saturated rings. The molecule has 22 heavy (non-hydrogen) atoms. The van der Waals surface area contributed by atoms with E-state index >= 15 is 0 Å². The maximum Gasteiger partial charge on any atom is 0.341 e. The fourth-order valence-electron chi connectivity index (χ4n) is 1.84. The number of aliphatic hydroxyl groups is 1. The number of aliphatic imine (C=N–C) groups is 1. The Morgan fingerprint density at radius 1 is 1.45 bits per heavy atom. The summed E-state index contributed by atoms with van der Waals surface area (Å²) in [5.74, 6) is -0.290. The van der Waals surface area contributed by atoms with Crippen LogP contribution in [-0.4, -0.2) is 42.5 Å². The molecule has 7 nitrogen and oxygen atoms in total. The molecule has 0 saturated carbocycles. The monoisotopic (exact) mass is 304 g/mol. The molecule has 116 valence electrons. The molecule has 1 aromatic rings. The highest BCUT2D eigenvalue weighted by Gasteiger charge is 2.11. The van der Waals surface area contributed by atoms with Gasteiger partial charge in [-0.25, -0.2) is 9.79 Å². The predicted octanol–water partition coefficient (Wildman–Crippen LogP) is 1.01. The molecular formula is C15H16N2O5. The maximum atomic E-state index is 10.7. The number of carboxylic acid groups (broad SMARTS) is 1. The third-order valence-electron chi connectivity index (χ3n) is 2.79. The Bertz CT molecular complexity index is 637. The zero-order valence-corrected chi connectivity index (χ0v) is 11.9. The van der Waals surface area contributed by atoms with E-state index < -0.39 is 18.9 Å². The average molecular weight is 304 g/mol. The first-order chi connectivity index (χ1) is 10.6. The van der Waals surface area contributed by atoms with Crippen LogP contribution in [0.5, 0.6) is 11.5 Å². The van der Waals surface area contributed by atoms with Crippen LogP contribution in [0.25, 0.3) is 6.08 Å². The van der Waals surface area contributed by atoms with Gasteiger partial charge in [0.15, 0.2) is 18.1 Å². The van der Waals surface area contributed by atoms with Crippen LogP contribution >= 0.6 is 0 Å². The first kappa shape index (κ1) is 15.6. The highest BCUT2D eigenvalue weighted by molar-refractivity contribution is 5.75. The molecule has 1 aliphatic rings. The van der Waals surface area contributed by atoms with Crippen LogP contribution in [-0.2, 0) is 4.79 Å². The smallest absolute Gasteiger partial charge is 0.341 e. The summed E-state index contributed by atoms with van der Waals surface area (Å²) < 4.78 is 10.5. The van der Waals surface area contributed by atoms with Gasteiger partial charge in [-0.05, 0) is 24.3 Å². The number of para-hydroxylation sites is 1. The fraction of sp³-hybridized carbons (Fsp3) is 0.200. The number of carboxylic acids is 1. The summed E-state index contributed by atoms with van der Waals surface area (Å²) in [5.41, 5.74) is 1.31. The van der Waals surface area contributed by atoms with Gasteiger partial charge in [-0.2, -0.15) is 0 Å². The van der Waals surface area contributed by atoms with Crippen molar-refractivity contribution in [1.29, 1.82) is 0 Å². The SMILES string of the molecule is COc1cccc(C=CC2=CC=NC(O)N2)c1OCC(=O)O. The lowest BCUT2D eigenvalue weighted by Gasteiger charge is -2.14. The van der Waals surface area contributed by atoms with E-state index in [4.69, 9.17) is 14.6 Å². The number of carbonyl (C=O) groups is 1. The summed E-state index contributed by atoms with van der Waals surface area (Å²) in [4.78, 5) is 14.4. The van der Waals surface area contributed by atoms with E-state index in [0.717, 1.165) is 0 Å². The van der Waals surface area contributed by atoms with Gasteiger partial charge in [-0.3, -0.25) is 0 Å². The standard InChI is InChI=1S/C15H16N2O5/c1-21-12-4-2-3-10(14(12)22-9-13(18)19)5-6-11-7-8-16-15(20)17-11/h2-8,15,17,20H,9H2,1H3,(H,18,19). The lowest BCUT2D eigenvalue weighted by atomic mass is 10.1. The largest absolute Gasteiger partial charge is 0.493 e. The normalized spacial score (nSPS) is 17.0. The molecule has 1 aromatic carbocycles. The van der Waals surface area contributed by atoms with Crippen molar-refractivity contribution in [3.05, 3.63) is 41.6 Å². The van der Waals surface area contributed by atoms with E-state index in [9.17, 15) is 9.90 Å². The van der Waals surface area contributed by atoms with E-state index in [2.05, 4.69) is 10.3 Å². The van der Waals surface area contributed by atoms with Crippen LogP contribution in [0.1, 0.15) is 5.56 Å². The first-order valence-electron chi connectivity index (χ1n) is 6.48.